The first-order valence-corrected chi connectivity index (χ1v) is 6.19. The van der Waals surface area contributed by atoms with E-state index in [0.29, 0.717) is 11.0 Å². The number of nitrogens with one attached hydrogen (secondary N) is 1. The lowest BCUT2D eigenvalue weighted by atomic mass is 10.2. The van der Waals surface area contributed by atoms with E-state index < -0.39 is 0 Å². The number of thiophene rings is 1. The highest BCUT2D eigenvalue weighted by molar-refractivity contribution is 9.10. The topological polar surface area (TPSA) is 12.0 Å². The highest BCUT2D eigenvalue weighted by atomic mass is 79.9. The first-order valence-electron chi connectivity index (χ1n) is 4.46. The van der Waals surface area contributed by atoms with Crippen LogP contribution in [-0.2, 0) is 6.54 Å². The van der Waals surface area contributed by atoms with Crippen LogP contribution in [0, 0.1) is 5.82 Å². The Hall–Kier alpha value is -0.870. The van der Waals surface area contributed by atoms with Crippen LogP contribution in [0.5, 0.6) is 0 Å². The van der Waals surface area contributed by atoms with Crippen molar-refractivity contribution in [3.63, 3.8) is 0 Å². The van der Waals surface area contributed by atoms with Crippen LogP contribution in [0.25, 0.3) is 0 Å². The molecular formula is C11H9BrFNS. The number of hydrogen-bond donors (Lipinski definition) is 1. The predicted octanol–water partition coefficient (Wildman–Crippen LogP) is 4.26. The number of benzene rings is 1. The summed E-state index contributed by atoms with van der Waals surface area (Å²) in [5, 5.41) is 7.24. The molecule has 15 heavy (non-hydrogen) atoms. The van der Waals surface area contributed by atoms with Crippen LogP contribution in [0.2, 0.25) is 0 Å². The standard InChI is InChI=1S/C11H9BrFNS/c12-10-2-1-8(5-11(10)13)6-14-9-3-4-15-7-9/h1-5,7,14H,6H2. The van der Waals surface area contributed by atoms with Crippen molar-refractivity contribution in [3.8, 4) is 0 Å². The molecule has 0 radical (unpaired) electrons. The minimum atomic E-state index is -0.223. The Bertz CT molecular complexity index is 442. The zero-order valence-corrected chi connectivity index (χ0v) is 10.2. The fourth-order valence-corrected chi connectivity index (χ4v) is 2.08. The summed E-state index contributed by atoms with van der Waals surface area (Å²) in [5.41, 5.74) is 2.00. The third-order valence-corrected chi connectivity index (χ3v) is 3.33. The van der Waals surface area contributed by atoms with Crippen LogP contribution in [0.1, 0.15) is 5.56 Å². The molecule has 4 heteroatoms. The first kappa shape index (κ1) is 10.6. The van der Waals surface area contributed by atoms with E-state index in [9.17, 15) is 4.39 Å². The van der Waals surface area contributed by atoms with Crippen molar-refractivity contribution in [1.82, 2.24) is 0 Å². The summed E-state index contributed by atoms with van der Waals surface area (Å²) in [7, 11) is 0. The molecule has 78 valence electrons. The lowest BCUT2D eigenvalue weighted by molar-refractivity contribution is 0.619. The Kier molecular flexibility index (Phi) is 3.38. The molecule has 1 aromatic carbocycles. The smallest absolute Gasteiger partial charge is 0.137 e. The second-order valence-electron chi connectivity index (χ2n) is 3.11. The SMILES string of the molecule is Fc1cc(CNc2ccsc2)ccc1Br. The van der Waals surface area contributed by atoms with Gasteiger partial charge in [-0.1, -0.05) is 6.07 Å². The van der Waals surface area contributed by atoms with Gasteiger partial charge in [0.05, 0.1) is 4.47 Å². The Morgan fingerprint density at radius 3 is 2.87 bits per heavy atom. The van der Waals surface area contributed by atoms with Gasteiger partial charge in [0.1, 0.15) is 5.82 Å². The molecule has 2 aromatic rings. The normalized spacial score (nSPS) is 10.3. The molecule has 0 saturated heterocycles. The zero-order chi connectivity index (χ0) is 10.7. The second kappa shape index (κ2) is 4.77. The lowest BCUT2D eigenvalue weighted by Crippen LogP contribution is -1.98. The van der Waals surface area contributed by atoms with Crippen molar-refractivity contribution in [3.05, 3.63) is 50.9 Å². The largest absolute Gasteiger partial charge is 0.380 e. The van der Waals surface area contributed by atoms with E-state index in [-0.39, 0.29) is 5.82 Å². The summed E-state index contributed by atoms with van der Waals surface area (Å²) >= 11 is 4.76. The lowest BCUT2D eigenvalue weighted by Gasteiger charge is -2.04. The Labute approximate surface area is 100 Å². The van der Waals surface area contributed by atoms with Crippen molar-refractivity contribution in [2.75, 3.05) is 5.32 Å². The van der Waals surface area contributed by atoms with Crippen LogP contribution >= 0.6 is 27.3 Å². The summed E-state index contributed by atoms with van der Waals surface area (Å²) in [5.74, 6) is -0.223. The molecule has 1 N–H and O–H groups in total. The Morgan fingerprint density at radius 1 is 1.33 bits per heavy atom. The average molecular weight is 286 g/mol. The molecule has 0 saturated carbocycles. The molecule has 0 unspecified atom stereocenters. The van der Waals surface area contributed by atoms with Gasteiger partial charge in [0.25, 0.3) is 0 Å². The van der Waals surface area contributed by atoms with Gasteiger partial charge in [0, 0.05) is 17.6 Å². The zero-order valence-electron chi connectivity index (χ0n) is 7.84. The number of anilines is 1. The van der Waals surface area contributed by atoms with E-state index in [4.69, 9.17) is 0 Å². The molecular weight excluding hydrogens is 277 g/mol. The Morgan fingerprint density at radius 2 is 2.20 bits per heavy atom. The maximum atomic E-state index is 13.2. The van der Waals surface area contributed by atoms with Crippen LogP contribution < -0.4 is 5.32 Å². The van der Waals surface area contributed by atoms with Crippen molar-refractivity contribution >= 4 is 33.0 Å². The molecule has 1 nitrogen and oxygen atoms in total. The summed E-state index contributed by atoms with van der Waals surface area (Å²) in [6, 6.07) is 7.15. The van der Waals surface area contributed by atoms with Gasteiger partial charge in [0.2, 0.25) is 0 Å². The van der Waals surface area contributed by atoms with Crippen molar-refractivity contribution < 1.29 is 4.39 Å². The molecule has 0 amide bonds. The van der Waals surface area contributed by atoms with Gasteiger partial charge in [0.15, 0.2) is 0 Å². The molecule has 0 aliphatic heterocycles. The van der Waals surface area contributed by atoms with Gasteiger partial charge in [-0.05, 0) is 45.1 Å². The number of halogens is 2. The molecule has 1 heterocycles. The van der Waals surface area contributed by atoms with Gasteiger partial charge in [-0.25, -0.2) is 4.39 Å². The number of hydrogen-bond acceptors (Lipinski definition) is 2. The minimum absolute atomic E-state index is 0.223. The third-order valence-electron chi connectivity index (χ3n) is 2.00. The number of rotatable bonds is 3. The van der Waals surface area contributed by atoms with Gasteiger partial charge in [-0.2, -0.15) is 11.3 Å². The van der Waals surface area contributed by atoms with Gasteiger partial charge in [-0.15, -0.1) is 0 Å². The van der Waals surface area contributed by atoms with E-state index in [2.05, 4.69) is 21.2 Å². The monoisotopic (exact) mass is 285 g/mol. The quantitative estimate of drug-likeness (QED) is 0.888. The fourth-order valence-electron chi connectivity index (χ4n) is 1.22. The van der Waals surface area contributed by atoms with Gasteiger partial charge < -0.3 is 5.32 Å². The average Bonchev–Trinajstić information content (AvgIpc) is 2.73. The highest BCUT2D eigenvalue weighted by Gasteiger charge is 2.00. The molecule has 2 rings (SSSR count). The Balaban J connectivity index is 2.02. The molecule has 0 atom stereocenters. The first-order chi connectivity index (χ1) is 7.25. The van der Waals surface area contributed by atoms with Crippen LogP contribution in [0.4, 0.5) is 10.1 Å². The predicted molar refractivity (Wildman–Crippen MR) is 65.7 cm³/mol. The van der Waals surface area contributed by atoms with E-state index >= 15 is 0 Å². The van der Waals surface area contributed by atoms with Crippen molar-refractivity contribution in [1.29, 1.82) is 0 Å². The summed E-state index contributed by atoms with van der Waals surface area (Å²) in [6.45, 7) is 0.640. The highest BCUT2D eigenvalue weighted by Crippen LogP contribution is 2.18. The summed E-state index contributed by atoms with van der Waals surface area (Å²) in [6.07, 6.45) is 0. The van der Waals surface area contributed by atoms with Gasteiger partial charge >= 0.3 is 0 Å². The van der Waals surface area contributed by atoms with E-state index in [1.165, 1.54) is 6.07 Å². The maximum Gasteiger partial charge on any atom is 0.137 e. The molecule has 0 fully saturated rings. The van der Waals surface area contributed by atoms with Crippen molar-refractivity contribution in [2.45, 2.75) is 6.54 Å². The van der Waals surface area contributed by atoms with E-state index in [0.717, 1.165) is 11.3 Å². The van der Waals surface area contributed by atoms with Gasteiger partial charge in [-0.3, -0.25) is 0 Å². The molecule has 0 aliphatic rings. The van der Waals surface area contributed by atoms with E-state index in [1.54, 1.807) is 17.4 Å². The van der Waals surface area contributed by atoms with Crippen molar-refractivity contribution in [2.24, 2.45) is 0 Å². The third kappa shape index (κ3) is 2.79. The summed E-state index contributed by atoms with van der Waals surface area (Å²) < 4.78 is 13.7. The molecule has 0 aliphatic carbocycles. The molecule has 0 spiro atoms. The van der Waals surface area contributed by atoms with E-state index in [1.807, 2.05) is 22.9 Å². The molecule has 0 bridgehead atoms. The van der Waals surface area contributed by atoms with Crippen LogP contribution in [0.3, 0.4) is 0 Å². The minimum Gasteiger partial charge on any atom is -0.380 e. The fraction of sp³-hybridized carbons (Fsp3) is 0.0909. The van der Waals surface area contributed by atoms with Crippen LogP contribution in [-0.4, -0.2) is 0 Å². The molecule has 1 aromatic heterocycles. The maximum absolute atomic E-state index is 13.2. The van der Waals surface area contributed by atoms with Crippen LogP contribution in [0.15, 0.2) is 39.5 Å². The second-order valence-corrected chi connectivity index (χ2v) is 4.75. The summed E-state index contributed by atoms with van der Waals surface area (Å²) in [4.78, 5) is 0.